The number of carbonyl (C=O) groups excluding carboxylic acids is 1. The minimum Gasteiger partial charge on any atom is -0.492 e. The molecular formula is C27H32N8O3. The summed E-state index contributed by atoms with van der Waals surface area (Å²) in [5, 5.41) is 19.6. The number of hydrogen-bond donors (Lipinski definition) is 3. The van der Waals surface area contributed by atoms with E-state index in [9.17, 15) is 9.90 Å². The molecule has 1 saturated heterocycles. The third kappa shape index (κ3) is 6.06. The average Bonchev–Trinajstić information content (AvgIpc) is 3.29. The molecule has 11 heteroatoms. The topological polar surface area (TPSA) is 130 Å². The molecule has 0 bridgehead atoms. The van der Waals surface area contributed by atoms with Crippen molar-refractivity contribution in [2.75, 3.05) is 43.5 Å². The molecule has 0 spiro atoms. The van der Waals surface area contributed by atoms with E-state index in [0.717, 1.165) is 55.7 Å². The maximum absolute atomic E-state index is 12.3. The van der Waals surface area contributed by atoms with Crippen LogP contribution in [0.3, 0.4) is 0 Å². The Kier molecular flexibility index (Phi) is 8.05. The highest BCUT2D eigenvalue weighted by molar-refractivity contribution is 6.03. The summed E-state index contributed by atoms with van der Waals surface area (Å²) in [6.07, 6.45) is 9.57. The fourth-order valence-corrected chi connectivity index (χ4v) is 4.60. The van der Waals surface area contributed by atoms with Crippen LogP contribution in [0.1, 0.15) is 35.2 Å². The third-order valence-corrected chi connectivity index (χ3v) is 6.80. The summed E-state index contributed by atoms with van der Waals surface area (Å²) in [4.78, 5) is 27.7. The van der Waals surface area contributed by atoms with Gasteiger partial charge in [0.15, 0.2) is 5.82 Å². The van der Waals surface area contributed by atoms with Crippen molar-refractivity contribution in [1.29, 1.82) is 0 Å². The highest BCUT2D eigenvalue weighted by Crippen LogP contribution is 2.29. The lowest BCUT2D eigenvalue weighted by atomic mass is 9.98. The quantitative estimate of drug-likeness (QED) is 0.272. The average molecular weight is 517 g/mol. The minimum absolute atomic E-state index is 0.213. The number of fused-ring (bicyclic) bond motifs is 1. The van der Waals surface area contributed by atoms with Gasteiger partial charge in [-0.2, -0.15) is 5.10 Å². The molecule has 1 aliphatic rings. The number of amides is 1. The highest BCUT2D eigenvalue weighted by Gasteiger charge is 2.18. The molecule has 1 fully saturated rings. The van der Waals surface area contributed by atoms with E-state index in [-0.39, 0.29) is 11.9 Å². The SMILES string of the molecule is Cc1c(OCCCN2CCC(CO)CC2)cn2ncnc(Nc3cnc(NC(=O)c4ccccc4)nc3)c12. The second kappa shape index (κ2) is 12.0. The summed E-state index contributed by atoms with van der Waals surface area (Å²) < 4.78 is 7.85. The van der Waals surface area contributed by atoms with Crippen molar-refractivity contribution in [3.05, 3.63) is 66.4 Å². The summed E-state index contributed by atoms with van der Waals surface area (Å²) >= 11 is 0. The molecule has 4 heterocycles. The Bertz CT molecular complexity index is 1350. The highest BCUT2D eigenvalue weighted by atomic mass is 16.5. The van der Waals surface area contributed by atoms with Gasteiger partial charge in [0.05, 0.1) is 30.9 Å². The number of ether oxygens (including phenoxy) is 1. The Morgan fingerprint density at radius 1 is 1.13 bits per heavy atom. The van der Waals surface area contributed by atoms with E-state index in [0.29, 0.717) is 36.2 Å². The van der Waals surface area contributed by atoms with E-state index in [4.69, 9.17) is 4.74 Å². The number of aliphatic hydroxyl groups is 1. The van der Waals surface area contributed by atoms with Gasteiger partial charge in [0, 0.05) is 24.3 Å². The van der Waals surface area contributed by atoms with Crippen LogP contribution in [0, 0.1) is 12.8 Å². The summed E-state index contributed by atoms with van der Waals surface area (Å²) in [5.74, 6) is 1.76. The molecule has 1 aliphatic heterocycles. The zero-order valence-corrected chi connectivity index (χ0v) is 21.4. The number of nitrogens with one attached hydrogen (secondary N) is 2. The summed E-state index contributed by atoms with van der Waals surface area (Å²) in [5.41, 5.74) is 2.89. The first kappa shape index (κ1) is 25.6. The van der Waals surface area contributed by atoms with Crippen LogP contribution >= 0.6 is 0 Å². The van der Waals surface area contributed by atoms with Crippen LogP contribution in [0.15, 0.2) is 55.2 Å². The monoisotopic (exact) mass is 516 g/mol. The van der Waals surface area contributed by atoms with E-state index in [1.807, 2.05) is 19.2 Å². The molecule has 38 heavy (non-hydrogen) atoms. The lowest BCUT2D eigenvalue weighted by Crippen LogP contribution is -2.35. The molecule has 3 N–H and O–H groups in total. The fraction of sp³-hybridized carbons (Fsp3) is 0.370. The predicted octanol–water partition coefficient (Wildman–Crippen LogP) is 3.30. The van der Waals surface area contributed by atoms with Crippen LogP contribution in [0.25, 0.3) is 5.52 Å². The van der Waals surface area contributed by atoms with Crippen molar-refractivity contribution >= 4 is 28.9 Å². The number of aromatic nitrogens is 5. The van der Waals surface area contributed by atoms with Crippen LogP contribution in [-0.2, 0) is 0 Å². The number of benzene rings is 1. The lowest BCUT2D eigenvalue weighted by Gasteiger charge is -2.30. The van der Waals surface area contributed by atoms with Crippen LogP contribution in [0.2, 0.25) is 0 Å². The van der Waals surface area contributed by atoms with Gasteiger partial charge < -0.3 is 20.1 Å². The van der Waals surface area contributed by atoms with Gasteiger partial charge in [-0.1, -0.05) is 18.2 Å². The van der Waals surface area contributed by atoms with Crippen LogP contribution in [-0.4, -0.2) is 73.3 Å². The number of aryl methyl sites for hydroxylation is 1. The smallest absolute Gasteiger partial charge is 0.258 e. The van der Waals surface area contributed by atoms with Gasteiger partial charge in [0.2, 0.25) is 5.95 Å². The van der Waals surface area contributed by atoms with Gasteiger partial charge in [0.1, 0.15) is 17.6 Å². The number of likely N-dealkylation sites (tertiary alicyclic amines) is 1. The molecule has 0 atom stereocenters. The van der Waals surface area contributed by atoms with Gasteiger partial charge in [-0.05, 0) is 57.3 Å². The number of aliphatic hydroxyl groups excluding tert-OH is 1. The van der Waals surface area contributed by atoms with Gasteiger partial charge in [-0.3, -0.25) is 10.1 Å². The summed E-state index contributed by atoms with van der Waals surface area (Å²) in [6.45, 7) is 5.95. The van der Waals surface area contributed by atoms with Gasteiger partial charge in [0.25, 0.3) is 5.91 Å². The number of rotatable bonds is 10. The molecule has 11 nitrogen and oxygen atoms in total. The predicted molar refractivity (Wildman–Crippen MR) is 144 cm³/mol. The van der Waals surface area contributed by atoms with Crippen LogP contribution in [0.4, 0.5) is 17.5 Å². The van der Waals surface area contributed by atoms with Crippen molar-refractivity contribution in [2.24, 2.45) is 5.92 Å². The summed E-state index contributed by atoms with van der Waals surface area (Å²) in [7, 11) is 0. The van der Waals surface area contributed by atoms with Gasteiger partial charge >= 0.3 is 0 Å². The van der Waals surface area contributed by atoms with E-state index in [1.54, 1.807) is 41.2 Å². The second-order valence-corrected chi connectivity index (χ2v) is 9.43. The zero-order chi connectivity index (χ0) is 26.3. The first-order valence-corrected chi connectivity index (χ1v) is 12.8. The molecule has 0 unspecified atom stereocenters. The standard InChI is InChI=1S/C27H32N8O3/c1-19-23(38-13-5-10-34-11-8-20(17-36)9-12-34)16-35-24(19)25(30-18-31-35)32-22-14-28-27(29-15-22)33-26(37)21-6-3-2-4-7-21/h2-4,6-7,14-16,18,20,36H,5,8-13,17H2,1H3,(H,30,31,32)(H,28,29,33,37). The van der Waals surface area contributed by atoms with Crippen molar-refractivity contribution in [1.82, 2.24) is 29.5 Å². The van der Waals surface area contributed by atoms with E-state index >= 15 is 0 Å². The minimum atomic E-state index is -0.272. The largest absolute Gasteiger partial charge is 0.492 e. The Hall–Kier alpha value is -4.09. The molecule has 5 rings (SSSR count). The molecule has 0 aliphatic carbocycles. The molecule has 3 aromatic heterocycles. The maximum Gasteiger partial charge on any atom is 0.258 e. The molecular weight excluding hydrogens is 484 g/mol. The second-order valence-electron chi connectivity index (χ2n) is 9.43. The first-order chi connectivity index (χ1) is 18.6. The number of anilines is 3. The van der Waals surface area contributed by atoms with E-state index < -0.39 is 0 Å². The maximum atomic E-state index is 12.3. The number of piperidine rings is 1. The molecule has 1 aromatic carbocycles. The molecule has 0 radical (unpaired) electrons. The van der Waals surface area contributed by atoms with Crippen molar-refractivity contribution in [3.63, 3.8) is 0 Å². The van der Waals surface area contributed by atoms with Crippen LogP contribution in [0.5, 0.6) is 5.75 Å². The van der Waals surface area contributed by atoms with Crippen molar-refractivity contribution < 1.29 is 14.6 Å². The number of nitrogens with zero attached hydrogens (tertiary/aromatic N) is 6. The molecule has 4 aromatic rings. The fourth-order valence-electron chi connectivity index (χ4n) is 4.60. The van der Waals surface area contributed by atoms with E-state index in [2.05, 4.69) is 35.6 Å². The first-order valence-electron chi connectivity index (χ1n) is 12.8. The number of hydrogen-bond acceptors (Lipinski definition) is 9. The third-order valence-electron chi connectivity index (χ3n) is 6.80. The van der Waals surface area contributed by atoms with Crippen molar-refractivity contribution in [2.45, 2.75) is 26.2 Å². The van der Waals surface area contributed by atoms with E-state index in [1.165, 1.54) is 6.33 Å². The zero-order valence-electron chi connectivity index (χ0n) is 21.4. The van der Waals surface area contributed by atoms with Gasteiger partial charge in [-0.15, -0.1) is 0 Å². The normalized spacial score (nSPS) is 14.5. The van der Waals surface area contributed by atoms with Crippen molar-refractivity contribution in [3.8, 4) is 5.75 Å². The van der Waals surface area contributed by atoms with Gasteiger partial charge in [-0.25, -0.2) is 19.5 Å². The molecule has 1 amide bonds. The molecule has 0 saturated carbocycles. The number of carbonyl (C=O) groups is 1. The Labute approximate surface area is 220 Å². The summed E-state index contributed by atoms with van der Waals surface area (Å²) in [6, 6.07) is 8.91. The Balaban J connectivity index is 1.18. The molecule has 198 valence electrons. The Morgan fingerprint density at radius 3 is 2.63 bits per heavy atom. The lowest BCUT2D eigenvalue weighted by molar-refractivity contribution is 0.102. The Morgan fingerprint density at radius 2 is 1.89 bits per heavy atom. The van der Waals surface area contributed by atoms with Crippen LogP contribution < -0.4 is 15.4 Å².